The summed E-state index contributed by atoms with van der Waals surface area (Å²) in [5.41, 5.74) is 3.16. The normalized spacial score (nSPS) is 17.7. The van der Waals surface area contributed by atoms with Crippen molar-refractivity contribution >= 4 is 11.2 Å². The Morgan fingerprint density at radius 1 is 1.30 bits per heavy atom. The number of pyridine rings is 1. The third-order valence-corrected chi connectivity index (χ3v) is 4.42. The van der Waals surface area contributed by atoms with Crippen molar-refractivity contribution < 1.29 is 4.74 Å². The van der Waals surface area contributed by atoms with Crippen LogP contribution in [0.15, 0.2) is 42.6 Å². The molecule has 3 heterocycles. The quantitative estimate of drug-likeness (QED) is 0.805. The lowest BCUT2D eigenvalue weighted by Gasteiger charge is -2.15. The van der Waals surface area contributed by atoms with Gasteiger partial charge < -0.3 is 14.6 Å². The zero-order valence-corrected chi connectivity index (χ0v) is 13.2. The fraction of sp³-hybridized carbons (Fsp3) is 0.333. The van der Waals surface area contributed by atoms with E-state index in [0.717, 1.165) is 48.7 Å². The Kier molecular flexibility index (Phi) is 3.71. The van der Waals surface area contributed by atoms with Crippen molar-refractivity contribution in [3.63, 3.8) is 0 Å². The highest BCUT2D eigenvalue weighted by atomic mass is 16.5. The third-order valence-electron chi connectivity index (χ3n) is 4.42. The molecule has 4 rings (SSSR count). The van der Waals surface area contributed by atoms with E-state index in [9.17, 15) is 0 Å². The number of nitrogens with zero attached hydrogens (tertiary/aromatic N) is 3. The van der Waals surface area contributed by atoms with Crippen LogP contribution in [0.5, 0.6) is 5.75 Å². The molecule has 0 spiro atoms. The van der Waals surface area contributed by atoms with E-state index in [1.54, 1.807) is 7.11 Å². The predicted molar refractivity (Wildman–Crippen MR) is 89.9 cm³/mol. The summed E-state index contributed by atoms with van der Waals surface area (Å²) < 4.78 is 7.65. The molecular formula is C18H20N4O. The summed E-state index contributed by atoms with van der Waals surface area (Å²) >= 11 is 0. The lowest BCUT2D eigenvalue weighted by Crippen LogP contribution is -2.16. The largest absolute Gasteiger partial charge is 0.497 e. The number of rotatable bonds is 4. The minimum Gasteiger partial charge on any atom is -0.497 e. The van der Waals surface area contributed by atoms with Crippen LogP contribution in [0.25, 0.3) is 11.2 Å². The summed E-state index contributed by atoms with van der Waals surface area (Å²) in [4.78, 5) is 9.41. The second-order valence-corrected chi connectivity index (χ2v) is 5.92. The van der Waals surface area contributed by atoms with E-state index in [4.69, 9.17) is 9.72 Å². The van der Waals surface area contributed by atoms with Gasteiger partial charge in [-0.15, -0.1) is 0 Å². The van der Waals surface area contributed by atoms with Gasteiger partial charge in [0.15, 0.2) is 5.65 Å². The molecule has 1 N–H and O–H groups in total. The first-order valence-corrected chi connectivity index (χ1v) is 8.00. The number of hydrogen-bond acceptors (Lipinski definition) is 4. The highest BCUT2D eigenvalue weighted by Gasteiger charge is 2.23. The highest BCUT2D eigenvalue weighted by molar-refractivity contribution is 5.71. The van der Waals surface area contributed by atoms with Crippen LogP contribution in [0.3, 0.4) is 0 Å². The van der Waals surface area contributed by atoms with Crippen LogP contribution in [0, 0.1) is 0 Å². The molecular weight excluding hydrogens is 288 g/mol. The fourth-order valence-corrected chi connectivity index (χ4v) is 3.31. The number of imidazole rings is 1. The van der Waals surface area contributed by atoms with Crippen molar-refractivity contribution in [1.29, 1.82) is 0 Å². The van der Waals surface area contributed by atoms with Gasteiger partial charge in [0.05, 0.1) is 13.2 Å². The van der Waals surface area contributed by atoms with E-state index in [1.807, 2.05) is 30.5 Å². The Hall–Kier alpha value is -2.40. The van der Waals surface area contributed by atoms with Gasteiger partial charge in [0.2, 0.25) is 0 Å². The number of aromatic nitrogens is 3. The van der Waals surface area contributed by atoms with Gasteiger partial charge >= 0.3 is 0 Å². The Labute approximate surface area is 135 Å². The van der Waals surface area contributed by atoms with Crippen LogP contribution in [-0.4, -0.2) is 34.7 Å². The number of fused-ring (bicyclic) bond motifs is 1. The molecule has 1 atom stereocenters. The number of hydrogen-bond donors (Lipinski definition) is 1. The Morgan fingerprint density at radius 3 is 3.09 bits per heavy atom. The molecule has 2 aromatic heterocycles. The van der Waals surface area contributed by atoms with Gasteiger partial charge in [-0.3, -0.25) is 0 Å². The van der Waals surface area contributed by atoms with Crippen LogP contribution in [0.4, 0.5) is 0 Å². The van der Waals surface area contributed by atoms with Gasteiger partial charge in [0.25, 0.3) is 0 Å². The van der Waals surface area contributed by atoms with Crippen LogP contribution in [0.2, 0.25) is 0 Å². The van der Waals surface area contributed by atoms with E-state index in [0.29, 0.717) is 6.04 Å². The Morgan fingerprint density at radius 2 is 2.26 bits per heavy atom. The molecule has 1 saturated heterocycles. The topological polar surface area (TPSA) is 52.0 Å². The molecule has 5 nitrogen and oxygen atoms in total. The molecule has 5 heteroatoms. The van der Waals surface area contributed by atoms with Crippen molar-refractivity contribution in [1.82, 2.24) is 19.9 Å². The smallest absolute Gasteiger partial charge is 0.160 e. The third kappa shape index (κ3) is 2.68. The predicted octanol–water partition coefficient (Wildman–Crippen LogP) is 2.57. The van der Waals surface area contributed by atoms with Gasteiger partial charge in [0, 0.05) is 19.2 Å². The number of ether oxygens (including phenoxy) is 1. The molecule has 1 unspecified atom stereocenters. The molecule has 118 valence electrons. The van der Waals surface area contributed by atoms with Gasteiger partial charge in [-0.1, -0.05) is 12.1 Å². The summed E-state index contributed by atoms with van der Waals surface area (Å²) in [6.07, 6.45) is 3.75. The fourth-order valence-electron chi connectivity index (χ4n) is 3.31. The van der Waals surface area contributed by atoms with Crippen LogP contribution < -0.4 is 10.1 Å². The summed E-state index contributed by atoms with van der Waals surface area (Å²) in [5.74, 6) is 1.95. The van der Waals surface area contributed by atoms with Crippen LogP contribution in [0.1, 0.15) is 23.9 Å². The molecule has 0 aliphatic carbocycles. The summed E-state index contributed by atoms with van der Waals surface area (Å²) in [7, 11) is 1.70. The van der Waals surface area contributed by atoms with Crippen LogP contribution >= 0.6 is 0 Å². The van der Waals surface area contributed by atoms with Gasteiger partial charge in [0.1, 0.15) is 17.1 Å². The number of benzene rings is 1. The maximum atomic E-state index is 5.33. The number of nitrogens with one attached hydrogen (secondary N) is 1. The van der Waals surface area contributed by atoms with E-state index < -0.39 is 0 Å². The van der Waals surface area contributed by atoms with Gasteiger partial charge in [-0.2, -0.15) is 0 Å². The van der Waals surface area contributed by atoms with E-state index in [-0.39, 0.29) is 0 Å². The van der Waals surface area contributed by atoms with Crippen molar-refractivity contribution in [3.8, 4) is 5.75 Å². The molecule has 1 aliphatic rings. The maximum absolute atomic E-state index is 5.33. The zero-order chi connectivity index (χ0) is 15.6. The average Bonchev–Trinajstić information content (AvgIpc) is 3.21. The molecule has 3 aromatic rings. The van der Waals surface area contributed by atoms with E-state index in [2.05, 4.69) is 27.0 Å². The molecule has 0 bridgehead atoms. The molecule has 1 fully saturated rings. The number of methoxy groups -OCH3 is 1. The summed E-state index contributed by atoms with van der Waals surface area (Å²) in [5, 5.41) is 3.44. The van der Waals surface area contributed by atoms with E-state index in [1.165, 1.54) is 5.56 Å². The lowest BCUT2D eigenvalue weighted by molar-refractivity contribution is 0.414. The molecule has 1 aromatic carbocycles. The maximum Gasteiger partial charge on any atom is 0.160 e. The van der Waals surface area contributed by atoms with Gasteiger partial charge in [-0.25, -0.2) is 9.97 Å². The molecule has 0 radical (unpaired) electrons. The lowest BCUT2D eigenvalue weighted by atomic mass is 10.1. The second-order valence-electron chi connectivity index (χ2n) is 5.92. The summed E-state index contributed by atoms with van der Waals surface area (Å²) in [6.45, 7) is 2.03. The molecule has 23 heavy (non-hydrogen) atoms. The van der Waals surface area contributed by atoms with Crippen molar-refractivity contribution in [2.24, 2.45) is 0 Å². The van der Waals surface area contributed by atoms with Crippen molar-refractivity contribution in [2.75, 3.05) is 20.2 Å². The second kappa shape index (κ2) is 6.01. The minimum atomic E-state index is 0.426. The molecule has 0 amide bonds. The zero-order valence-electron chi connectivity index (χ0n) is 13.2. The Bertz CT molecular complexity index is 821. The SMILES string of the molecule is COc1cccc(Cc2nc3cccnc3n2C2CCNC2)c1. The first-order valence-electron chi connectivity index (χ1n) is 8.00. The first-order chi connectivity index (χ1) is 11.3. The van der Waals surface area contributed by atoms with E-state index >= 15 is 0 Å². The minimum absolute atomic E-state index is 0.426. The first kappa shape index (κ1) is 14.2. The molecule has 1 aliphatic heterocycles. The summed E-state index contributed by atoms with van der Waals surface area (Å²) in [6, 6.07) is 12.6. The highest BCUT2D eigenvalue weighted by Crippen LogP contribution is 2.25. The molecule has 0 saturated carbocycles. The Balaban J connectivity index is 1.77. The van der Waals surface area contributed by atoms with Crippen LogP contribution in [-0.2, 0) is 6.42 Å². The van der Waals surface area contributed by atoms with Crippen molar-refractivity contribution in [3.05, 3.63) is 54.0 Å². The average molecular weight is 308 g/mol. The monoisotopic (exact) mass is 308 g/mol. The van der Waals surface area contributed by atoms with Gasteiger partial charge in [-0.05, 0) is 42.8 Å². The van der Waals surface area contributed by atoms with Crippen molar-refractivity contribution in [2.45, 2.75) is 18.9 Å². The standard InChI is InChI=1S/C18H20N4O/c1-23-15-5-2-4-13(10-15)11-17-21-16-6-3-8-20-18(16)22(17)14-7-9-19-12-14/h2-6,8,10,14,19H,7,9,11-12H2,1H3.